The second kappa shape index (κ2) is 6.43. The number of hydrogen-bond acceptors (Lipinski definition) is 5. The third-order valence-corrected chi connectivity index (χ3v) is 4.48. The van der Waals surface area contributed by atoms with Gasteiger partial charge in [-0.3, -0.25) is 9.78 Å². The van der Waals surface area contributed by atoms with E-state index in [9.17, 15) is 4.79 Å². The minimum atomic E-state index is -0.257. The van der Waals surface area contributed by atoms with E-state index in [1.807, 2.05) is 19.1 Å². The summed E-state index contributed by atoms with van der Waals surface area (Å²) in [4.78, 5) is 20.4. The third-order valence-electron chi connectivity index (χ3n) is 4.48. The molecule has 0 unspecified atom stereocenters. The van der Waals surface area contributed by atoms with Gasteiger partial charge in [-0.05, 0) is 31.0 Å². The number of nitrogens with zero attached hydrogens (tertiary/aromatic N) is 5. The van der Waals surface area contributed by atoms with Crippen molar-refractivity contribution in [3.05, 3.63) is 65.8 Å². The molecular formula is C18H18N6O. The Morgan fingerprint density at radius 3 is 2.80 bits per heavy atom. The van der Waals surface area contributed by atoms with E-state index in [0.29, 0.717) is 11.6 Å². The van der Waals surface area contributed by atoms with E-state index in [1.165, 1.54) is 11.8 Å². The first-order chi connectivity index (χ1) is 12.2. The van der Waals surface area contributed by atoms with Crippen LogP contribution >= 0.6 is 0 Å². The van der Waals surface area contributed by atoms with Crippen molar-refractivity contribution in [2.24, 2.45) is 0 Å². The van der Waals surface area contributed by atoms with Crippen LogP contribution in [0.5, 0.6) is 0 Å². The summed E-state index contributed by atoms with van der Waals surface area (Å²) in [6.07, 6.45) is 6.86. The molecule has 4 rings (SSSR count). The van der Waals surface area contributed by atoms with Crippen LogP contribution in [0.2, 0.25) is 0 Å². The number of rotatable bonds is 3. The summed E-state index contributed by atoms with van der Waals surface area (Å²) in [7, 11) is 0. The lowest BCUT2D eigenvalue weighted by molar-refractivity contribution is 0.102. The van der Waals surface area contributed by atoms with Gasteiger partial charge in [0.1, 0.15) is 17.8 Å². The average Bonchev–Trinajstić information content (AvgIpc) is 3.10. The SMILES string of the molecule is Cc1cnc(C(=O)Nc2ccc([C@H]3CCc4nncn4C3)cc2)cn1. The Labute approximate surface area is 145 Å². The van der Waals surface area contributed by atoms with Gasteiger partial charge in [-0.15, -0.1) is 10.2 Å². The summed E-state index contributed by atoms with van der Waals surface area (Å²) in [5.41, 5.74) is 3.09. The second-order valence-electron chi connectivity index (χ2n) is 6.25. The molecule has 126 valence electrons. The number of carbonyl (C=O) groups is 1. The van der Waals surface area contributed by atoms with Crippen molar-refractivity contribution in [1.29, 1.82) is 0 Å². The number of fused-ring (bicyclic) bond motifs is 1. The molecular weight excluding hydrogens is 316 g/mol. The predicted octanol–water partition coefficient (Wildman–Crippen LogP) is 2.36. The molecule has 3 aromatic rings. The van der Waals surface area contributed by atoms with Crippen molar-refractivity contribution >= 4 is 11.6 Å². The average molecular weight is 334 g/mol. The number of benzene rings is 1. The standard InChI is InChI=1S/C18H18N6O/c1-12-8-20-16(9-19-12)18(25)22-15-5-2-13(3-6-15)14-4-7-17-23-21-11-24(17)10-14/h2-3,5-6,8-9,11,14H,4,7,10H2,1H3,(H,22,25)/t14-/m0/s1. The quantitative estimate of drug-likeness (QED) is 0.795. The molecule has 0 saturated heterocycles. The molecule has 2 aromatic heterocycles. The number of amides is 1. The van der Waals surface area contributed by atoms with E-state index < -0.39 is 0 Å². The lowest BCUT2D eigenvalue weighted by Gasteiger charge is -2.23. The topological polar surface area (TPSA) is 85.6 Å². The van der Waals surface area contributed by atoms with Crippen LogP contribution in [0.3, 0.4) is 0 Å². The maximum absolute atomic E-state index is 12.2. The van der Waals surface area contributed by atoms with Crippen LogP contribution in [0.1, 0.15) is 39.9 Å². The lowest BCUT2D eigenvalue weighted by Crippen LogP contribution is -2.18. The minimum Gasteiger partial charge on any atom is -0.321 e. The maximum Gasteiger partial charge on any atom is 0.275 e. The van der Waals surface area contributed by atoms with Crippen LogP contribution in [0.15, 0.2) is 43.0 Å². The van der Waals surface area contributed by atoms with Gasteiger partial charge in [0.05, 0.1) is 11.9 Å². The molecule has 0 aliphatic carbocycles. The zero-order chi connectivity index (χ0) is 17.2. The molecule has 1 atom stereocenters. The van der Waals surface area contributed by atoms with Crippen LogP contribution in [0.25, 0.3) is 0 Å². The van der Waals surface area contributed by atoms with Gasteiger partial charge in [-0.2, -0.15) is 0 Å². The summed E-state index contributed by atoms with van der Waals surface area (Å²) in [5, 5.41) is 10.9. The van der Waals surface area contributed by atoms with Crippen LogP contribution in [0, 0.1) is 6.92 Å². The minimum absolute atomic E-state index is 0.257. The van der Waals surface area contributed by atoms with Crippen LogP contribution < -0.4 is 5.32 Å². The van der Waals surface area contributed by atoms with Gasteiger partial charge >= 0.3 is 0 Å². The Bertz CT molecular complexity index is 885. The van der Waals surface area contributed by atoms with Crippen molar-refractivity contribution < 1.29 is 4.79 Å². The van der Waals surface area contributed by atoms with Crippen molar-refractivity contribution in [1.82, 2.24) is 24.7 Å². The molecule has 7 nitrogen and oxygen atoms in total. The molecule has 1 aliphatic rings. The zero-order valence-electron chi connectivity index (χ0n) is 13.9. The second-order valence-corrected chi connectivity index (χ2v) is 6.25. The fraction of sp³-hybridized carbons (Fsp3) is 0.278. The van der Waals surface area contributed by atoms with E-state index in [0.717, 1.165) is 36.6 Å². The Morgan fingerprint density at radius 2 is 2.04 bits per heavy atom. The molecule has 1 aromatic carbocycles. The van der Waals surface area contributed by atoms with E-state index in [4.69, 9.17) is 0 Å². The lowest BCUT2D eigenvalue weighted by atomic mass is 9.91. The van der Waals surface area contributed by atoms with E-state index >= 15 is 0 Å². The Hall–Kier alpha value is -3.09. The van der Waals surface area contributed by atoms with E-state index in [-0.39, 0.29) is 5.91 Å². The monoisotopic (exact) mass is 334 g/mol. The normalized spacial score (nSPS) is 16.3. The number of aryl methyl sites for hydroxylation is 2. The summed E-state index contributed by atoms with van der Waals surface area (Å²) < 4.78 is 2.11. The molecule has 0 fully saturated rings. The molecule has 7 heteroatoms. The van der Waals surface area contributed by atoms with Gasteiger partial charge in [0, 0.05) is 30.8 Å². The van der Waals surface area contributed by atoms with Gasteiger partial charge in [-0.25, -0.2) is 4.98 Å². The summed E-state index contributed by atoms with van der Waals surface area (Å²) in [5.74, 6) is 1.24. The highest BCUT2D eigenvalue weighted by molar-refractivity contribution is 6.02. The largest absolute Gasteiger partial charge is 0.321 e. The molecule has 0 saturated carbocycles. The fourth-order valence-corrected chi connectivity index (χ4v) is 3.07. The van der Waals surface area contributed by atoms with Crippen molar-refractivity contribution in [3.63, 3.8) is 0 Å². The molecule has 1 aliphatic heterocycles. The highest BCUT2D eigenvalue weighted by Crippen LogP contribution is 2.28. The number of carbonyl (C=O) groups excluding carboxylic acids is 1. The Kier molecular flexibility index (Phi) is 3.97. The smallest absolute Gasteiger partial charge is 0.275 e. The molecule has 0 spiro atoms. The summed E-state index contributed by atoms with van der Waals surface area (Å²) in [6, 6.07) is 7.99. The van der Waals surface area contributed by atoms with Gasteiger partial charge < -0.3 is 9.88 Å². The number of nitrogens with one attached hydrogen (secondary N) is 1. The predicted molar refractivity (Wildman–Crippen MR) is 92.2 cm³/mol. The molecule has 0 radical (unpaired) electrons. The van der Waals surface area contributed by atoms with Crippen molar-refractivity contribution in [2.75, 3.05) is 5.32 Å². The van der Waals surface area contributed by atoms with Gasteiger partial charge in [-0.1, -0.05) is 12.1 Å². The maximum atomic E-state index is 12.2. The summed E-state index contributed by atoms with van der Waals surface area (Å²) in [6.45, 7) is 2.73. The van der Waals surface area contributed by atoms with Crippen LogP contribution in [-0.4, -0.2) is 30.6 Å². The first-order valence-electron chi connectivity index (χ1n) is 8.26. The number of aromatic nitrogens is 5. The highest BCUT2D eigenvalue weighted by atomic mass is 16.1. The van der Waals surface area contributed by atoms with Crippen molar-refractivity contribution in [2.45, 2.75) is 32.2 Å². The Balaban J connectivity index is 1.44. The van der Waals surface area contributed by atoms with E-state index in [2.05, 4.69) is 42.2 Å². The van der Waals surface area contributed by atoms with Crippen LogP contribution in [-0.2, 0) is 13.0 Å². The van der Waals surface area contributed by atoms with Crippen LogP contribution in [0.4, 0.5) is 5.69 Å². The highest BCUT2D eigenvalue weighted by Gasteiger charge is 2.20. The third kappa shape index (κ3) is 3.26. The first-order valence-corrected chi connectivity index (χ1v) is 8.26. The molecule has 3 heterocycles. The molecule has 1 amide bonds. The summed E-state index contributed by atoms with van der Waals surface area (Å²) >= 11 is 0. The van der Waals surface area contributed by atoms with E-state index in [1.54, 1.807) is 12.5 Å². The molecule has 0 bridgehead atoms. The molecule has 25 heavy (non-hydrogen) atoms. The van der Waals surface area contributed by atoms with Gasteiger partial charge in [0.2, 0.25) is 0 Å². The van der Waals surface area contributed by atoms with Gasteiger partial charge in [0.15, 0.2) is 0 Å². The van der Waals surface area contributed by atoms with Gasteiger partial charge in [0.25, 0.3) is 5.91 Å². The fourth-order valence-electron chi connectivity index (χ4n) is 3.07. The number of hydrogen-bond donors (Lipinski definition) is 1. The molecule has 1 N–H and O–H groups in total. The Morgan fingerprint density at radius 1 is 1.20 bits per heavy atom. The van der Waals surface area contributed by atoms with Crippen molar-refractivity contribution in [3.8, 4) is 0 Å². The first kappa shape index (κ1) is 15.4. The zero-order valence-corrected chi connectivity index (χ0v) is 13.9. The number of anilines is 1.